The second-order valence-electron chi connectivity index (χ2n) is 19.3. The van der Waals surface area contributed by atoms with Crippen molar-refractivity contribution >= 4 is 76.1 Å². The molecule has 5 fully saturated rings. The molecule has 8 aliphatic carbocycles. The van der Waals surface area contributed by atoms with E-state index in [4.69, 9.17) is 9.97 Å². The second-order valence-corrected chi connectivity index (χ2v) is 19.3. The number of benzene rings is 3. The van der Waals surface area contributed by atoms with Crippen molar-refractivity contribution in [2.75, 3.05) is 0 Å². The van der Waals surface area contributed by atoms with Gasteiger partial charge in [-0.05, 0) is 128 Å². The third kappa shape index (κ3) is 2.73. The van der Waals surface area contributed by atoms with Gasteiger partial charge >= 0.3 is 0 Å². The lowest BCUT2D eigenvalue weighted by atomic mass is 9.56. The van der Waals surface area contributed by atoms with Crippen LogP contribution in [0.15, 0.2) is 65.7 Å². The molecule has 0 aliphatic heterocycles. The molecule has 0 amide bonds. The molecule has 17 rings (SSSR count). The summed E-state index contributed by atoms with van der Waals surface area (Å²) in [6, 6.07) is 17.6. The van der Waals surface area contributed by atoms with Gasteiger partial charge in [0, 0.05) is 71.7 Å². The fraction of sp³-hybridized carbons (Fsp3) is 0.396. The van der Waals surface area contributed by atoms with Crippen molar-refractivity contribution in [1.82, 2.24) is 18.8 Å². The number of hydrogen-bond donors (Lipinski definition) is 0. The Morgan fingerprint density at radius 3 is 2.09 bits per heavy atom. The van der Waals surface area contributed by atoms with E-state index in [2.05, 4.69) is 69.7 Å². The Kier molecular flexibility index (Phi) is 4.22. The van der Waals surface area contributed by atoms with Crippen molar-refractivity contribution in [3.63, 3.8) is 0 Å². The topological polar surface area (TPSA) is 51.7 Å². The normalized spacial score (nSPS) is 33.4. The van der Waals surface area contributed by atoms with Gasteiger partial charge in [-0.25, -0.2) is 0 Å². The molecule has 7 bridgehead atoms. The average Bonchev–Trinajstić information content (AvgIpc) is 3.90. The fourth-order valence-electron chi connectivity index (χ4n) is 16.0. The van der Waals surface area contributed by atoms with Crippen molar-refractivity contribution in [2.45, 2.75) is 87.9 Å². The standard InChI is InChI=1S/C48H38N4O/c53-47-33-16-32-40-35(19-50-44-26-14-28-15-27-13-25(38(40)44)17-48(27,28)18-26)51-36-20-49-43-24-11-21-8-22(12-24)10-23(9-21)37(43)41(36)42(46(32)51)39(33)31-6-3-5-30-29-4-1-2-7-34(29)52(47)45(30)31/h1-7,16,19-28H,8-15,17-18H2. The van der Waals surface area contributed by atoms with E-state index in [-0.39, 0.29) is 5.56 Å². The number of nitrogens with zero attached hydrogens (tertiary/aromatic N) is 4. The predicted octanol–water partition coefficient (Wildman–Crippen LogP) is 10.9. The summed E-state index contributed by atoms with van der Waals surface area (Å²) >= 11 is 0. The molecule has 0 radical (unpaired) electrons. The maximum atomic E-state index is 15.4. The third-order valence-corrected chi connectivity index (χ3v) is 17.5. The molecule has 256 valence electrons. The first-order chi connectivity index (χ1) is 26.1. The Labute approximate surface area is 304 Å². The van der Waals surface area contributed by atoms with Crippen molar-refractivity contribution in [3.05, 3.63) is 93.8 Å². The van der Waals surface area contributed by atoms with E-state index in [1.807, 2.05) is 0 Å². The first-order valence-electron chi connectivity index (χ1n) is 20.8. The highest BCUT2D eigenvalue weighted by Gasteiger charge is 2.66. The van der Waals surface area contributed by atoms with E-state index in [0.29, 0.717) is 29.1 Å². The Morgan fingerprint density at radius 2 is 1.23 bits per heavy atom. The summed E-state index contributed by atoms with van der Waals surface area (Å²) in [4.78, 5) is 26.4. The molecule has 3 aromatic carbocycles. The summed E-state index contributed by atoms with van der Waals surface area (Å²) in [5.74, 6) is 5.68. The van der Waals surface area contributed by atoms with E-state index < -0.39 is 0 Å². The Hall–Kier alpha value is -4.77. The SMILES string of the molecule is O=c1c2cc3c4c5c(ncc4n4c6cnc7c(c6c(c2c2cccc6c8ccccc8n1c62)c34)C1CC2CC(CC7C2)C1)C1CC2CC3CC5CC23C1. The highest BCUT2D eigenvalue weighted by molar-refractivity contribution is 6.37. The van der Waals surface area contributed by atoms with Gasteiger partial charge in [-0.15, -0.1) is 0 Å². The lowest BCUT2D eigenvalue weighted by Crippen LogP contribution is -2.41. The highest BCUT2D eigenvalue weighted by Crippen LogP contribution is 2.76. The molecule has 0 saturated heterocycles. The molecule has 1 spiro atoms. The van der Waals surface area contributed by atoms with Crippen LogP contribution in [0.4, 0.5) is 0 Å². The first-order valence-corrected chi connectivity index (χ1v) is 20.8. The van der Waals surface area contributed by atoms with Crippen LogP contribution in [0, 0.1) is 29.1 Å². The van der Waals surface area contributed by atoms with Gasteiger partial charge in [-0.1, -0.05) is 36.4 Å². The van der Waals surface area contributed by atoms with E-state index in [0.717, 1.165) is 50.9 Å². The minimum absolute atomic E-state index is 0.123. The molecule has 7 unspecified atom stereocenters. The van der Waals surface area contributed by atoms with E-state index >= 15 is 4.79 Å². The van der Waals surface area contributed by atoms with Gasteiger partial charge < -0.3 is 4.40 Å². The van der Waals surface area contributed by atoms with Crippen LogP contribution in [0.2, 0.25) is 0 Å². The number of fused-ring (bicyclic) bond motifs is 18. The van der Waals surface area contributed by atoms with Crippen LogP contribution in [-0.2, 0) is 0 Å². The summed E-state index contributed by atoms with van der Waals surface area (Å²) in [6.07, 6.45) is 17.8. The number of hydrogen-bond acceptors (Lipinski definition) is 3. The number of aromatic nitrogens is 4. The van der Waals surface area contributed by atoms with Crippen molar-refractivity contribution in [1.29, 1.82) is 0 Å². The Balaban J connectivity index is 1.17. The molecule has 9 aromatic rings. The summed E-state index contributed by atoms with van der Waals surface area (Å²) < 4.78 is 4.65. The fourth-order valence-corrected chi connectivity index (χ4v) is 16.0. The molecule has 53 heavy (non-hydrogen) atoms. The number of rotatable bonds is 0. The Morgan fingerprint density at radius 1 is 0.528 bits per heavy atom. The molecule has 7 atom stereocenters. The van der Waals surface area contributed by atoms with Crippen LogP contribution in [0.3, 0.4) is 0 Å². The zero-order valence-corrected chi connectivity index (χ0v) is 29.7. The van der Waals surface area contributed by atoms with Gasteiger partial charge in [0.2, 0.25) is 0 Å². The lowest BCUT2D eigenvalue weighted by Gasteiger charge is -2.48. The van der Waals surface area contributed by atoms with Crippen LogP contribution < -0.4 is 5.56 Å². The van der Waals surface area contributed by atoms with Crippen LogP contribution in [0.5, 0.6) is 0 Å². The smallest absolute Gasteiger partial charge is 0.263 e. The van der Waals surface area contributed by atoms with Crippen LogP contribution in [0.25, 0.3) is 76.1 Å². The molecular weight excluding hydrogens is 649 g/mol. The third-order valence-electron chi connectivity index (χ3n) is 17.5. The van der Waals surface area contributed by atoms with Crippen molar-refractivity contribution < 1.29 is 0 Å². The monoisotopic (exact) mass is 686 g/mol. The molecule has 6 aromatic heterocycles. The van der Waals surface area contributed by atoms with Gasteiger partial charge in [0.25, 0.3) is 5.56 Å². The van der Waals surface area contributed by atoms with Crippen LogP contribution in [0.1, 0.15) is 110 Å². The number of pyridine rings is 3. The van der Waals surface area contributed by atoms with Crippen molar-refractivity contribution in [2.24, 2.45) is 29.1 Å². The van der Waals surface area contributed by atoms with Crippen molar-refractivity contribution in [3.8, 4) is 0 Å². The van der Waals surface area contributed by atoms with Crippen LogP contribution in [-0.4, -0.2) is 18.8 Å². The molecular formula is C48H38N4O. The van der Waals surface area contributed by atoms with Gasteiger partial charge in [0.1, 0.15) is 0 Å². The largest absolute Gasteiger partial charge is 0.305 e. The average molecular weight is 687 g/mol. The molecule has 5 heteroatoms. The van der Waals surface area contributed by atoms with E-state index in [1.54, 1.807) is 5.56 Å². The first kappa shape index (κ1) is 26.9. The van der Waals surface area contributed by atoms with Gasteiger partial charge in [-0.3, -0.25) is 19.2 Å². The minimum Gasteiger partial charge on any atom is -0.305 e. The highest BCUT2D eigenvalue weighted by atomic mass is 16.1. The van der Waals surface area contributed by atoms with Gasteiger partial charge in [-0.2, -0.15) is 0 Å². The molecule has 8 aliphatic rings. The maximum Gasteiger partial charge on any atom is 0.263 e. The zero-order chi connectivity index (χ0) is 33.8. The van der Waals surface area contributed by atoms with Gasteiger partial charge in [0.15, 0.2) is 0 Å². The van der Waals surface area contributed by atoms with E-state index in [1.165, 1.54) is 130 Å². The summed E-state index contributed by atoms with van der Waals surface area (Å²) in [6.45, 7) is 0. The lowest BCUT2D eigenvalue weighted by molar-refractivity contribution is 0.00321. The maximum absolute atomic E-state index is 15.4. The molecule has 5 nitrogen and oxygen atoms in total. The van der Waals surface area contributed by atoms with Crippen LogP contribution >= 0.6 is 0 Å². The Bertz CT molecular complexity index is 3280. The summed E-state index contributed by atoms with van der Waals surface area (Å²) in [5, 5.41) is 11.0. The zero-order valence-electron chi connectivity index (χ0n) is 29.7. The summed E-state index contributed by atoms with van der Waals surface area (Å²) in [5.41, 5.74) is 12.4. The molecule has 5 saturated carbocycles. The van der Waals surface area contributed by atoms with E-state index in [9.17, 15) is 0 Å². The van der Waals surface area contributed by atoms with Gasteiger partial charge in [0.05, 0.1) is 40.0 Å². The molecule has 0 N–H and O–H groups in total. The quantitative estimate of drug-likeness (QED) is 0.149. The predicted molar refractivity (Wildman–Crippen MR) is 211 cm³/mol. The number of para-hydroxylation sites is 2. The molecule has 6 heterocycles. The minimum atomic E-state index is 0.123. The summed E-state index contributed by atoms with van der Waals surface area (Å²) in [7, 11) is 0. The second kappa shape index (κ2) is 8.31.